The van der Waals surface area contributed by atoms with Gasteiger partial charge in [-0.05, 0) is 17.7 Å². The highest BCUT2D eigenvalue weighted by Gasteiger charge is 1.91. The van der Waals surface area contributed by atoms with E-state index in [1.165, 1.54) is 0 Å². The van der Waals surface area contributed by atoms with Gasteiger partial charge in [-0.2, -0.15) is 0 Å². The predicted molar refractivity (Wildman–Crippen MR) is 42.1 cm³/mol. The van der Waals surface area contributed by atoms with Crippen LogP contribution in [0.1, 0.15) is 5.56 Å². The molecule has 0 spiro atoms. The first-order valence-electron chi connectivity index (χ1n) is 2.81. The maximum atomic E-state index is 5.68. The zero-order valence-electron chi connectivity index (χ0n) is 5.18. The Morgan fingerprint density at radius 2 is 2.20 bits per heavy atom. The minimum Gasteiger partial charge on any atom is -0.274 e. The fourth-order valence-corrected chi connectivity index (χ4v) is 1.03. The van der Waals surface area contributed by atoms with E-state index in [9.17, 15) is 0 Å². The standard InChI is InChI=1S/C7H6Cl2O/c8-7-3-1-2-6(4-7)5-10-9/h1-4H,5H2. The maximum Gasteiger partial charge on any atom is 0.0933 e. The van der Waals surface area contributed by atoms with Gasteiger partial charge in [0.1, 0.15) is 0 Å². The van der Waals surface area contributed by atoms with Gasteiger partial charge in [-0.1, -0.05) is 23.7 Å². The third-order valence-electron chi connectivity index (χ3n) is 1.11. The molecule has 0 radical (unpaired) electrons. The van der Waals surface area contributed by atoms with Crippen LogP contribution in [0.2, 0.25) is 5.02 Å². The number of halogens is 2. The number of rotatable bonds is 2. The minimum atomic E-state index is 0.391. The lowest BCUT2D eigenvalue weighted by Gasteiger charge is -1.95. The van der Waals surface area contributed by atoms with Gasteiger partial charge in [-0.3, -0.25) is 4.29 Å². The van der Waals surface area contributed by atoms with Crippen molar-refractivity contribution < 1.29 is 4.29 Å². The van der Waals surface area contributed by atoms with Gasteiger partial charge in [0.15, 0.2) is 0 Å². The lowest BCUT2D eigenvalue weighted by molar-refractivity contribution is 0.341. The molecule has 0 unspecified atom stereocenters. The van der Waals surface area contributed by atoms with Gasteiger partial charge in [0.25, 0.3) is 0 Å². The molecule has 0 atom stereocenters. The first-order valence-corrected chi connectivity index (χ1v) is 3.49. The Morgan fingerprint density at radius 3 is 2.80 bits per heavy atom. The zero-order chi connectivity index (χ0) is 7.40. The summed E-state index contributed by atoms with van der Waals surface area (Å²) in [5.74, 6) is 0. The van der Waals surface area contributed by atoms with Crippen molar-refractivity contribution >= 4 is 23.5 Å². The van der Waals surface area contributed by atoms with Crippen molar-refractivity contribution in [3.05, 3.63) is 34.9 Å². The molecular formula is C7H6Cl2O. The number of hydrogen-bond donors (Lipinski definition) is 0. The Hall–Kier alpha value is -0.240. The van der Waals surface area contributed by atoms with E-state index in [0.29, 0.717) is 11.6 Å². The molecule has 10 heavy (non-hydrogen) atoms. The first-order chi connectivity index (χ1) is 4.83. The Balaban J connectivity index is 2.75. The van der Waals surface area contributed by atoms with Crippen LogP contribution >= 0.6 is 23.5 Å². The summed E-state index contributed by atoms with van der Waals surface area (Å²) in [5.41, 5.74) is 0.975. The van der Waals surface area contributed by atoms with Gasteiger partial charge in [-0.15, -0.1) is 0 Å². The molecule has 0 amide bonds. The van der Waals surface area contributed by atoms with Crippen molar-refractivity contribution in [2.45, 2.75) is 6.61 Å². The van der Waals surface area contributed by atoms with Crippen LogP contribution in [0, 0.1) is 0 Å². The van der Waals surface area contributed by atoms with Gasteiger partial charge in [0.05, 0.1) is 18.5 Å². The van der Waals surface area contributed by atoms with Gasteiger partial charge < -0.3 is 0 Å². The largest absolute Gasteiger partial charge is 0.274 e. The van der Waals surface area contributed by atoms with E-state index in [1.807, 2.05) is 18.2 Å². The zero-order valence-corrected chi connectivity index (χ0v) is 6.69. The second-order valence-corrected chi connectivity index (χ2v) is 2.54. The van der Waals surface area contributed by atoms with E-state index in [2.05, 4.69) is 4.29 Å². The smallest absolute Gasteiger partial charge is 0.0933 e. The molecule has 0 aliphatic carbocycles. The Morgan fingerprint density at radius 1 is 1.40 bits per heavy atom. The van der Waals surface area contributed by atoms with Crippen LogP contribution in [-0.2, 0) is 10.9 Å². The highest BCUT2D eigenvalue weighted by Crippen LogP contribution is 2.11. The highest BCUT2D eigenvalue weighted by atomic mass is 35.5. The summed E-state index contributed by atoms with van der Waals surface area (Å²) in [5, 5.41) is 0.700. The van der Waals surface area contributed by atoms with Gasteiger partial charge in [0, 0.05) is 5.02 Å². The molecule has 0 saturated carbocycles. The first kappa shape index (κ1) is 7.86. The Kier molecular flexibility index (Phi) is 3.00. The maximum absolute atomic E-state index is 5.68. The van der Waals surface area contributed by atoms with Crippen molar-refractivity contribution in [3.63, 3.8) is 0 Å². The SMILES string of the molecule is ClOCc1cccc(Cl)c1. The van der Waals surface area contributed by atoms with E-state index >= 15 is 0 Å². The molecule has 1 nitrogen and oxygen atoms in total. The summed E-state index contributed by atoms with van der Waals surface area (Å²) < 4.78 is 4.40. The van der Waals surface area contributed by atoms with Crippen LogP contribution in [0.25, 0.3) is 0 Å². The molecule has 0 bridgehead atoms. The lowest BCUT2D eigenvalue weighted by atomic mass is 10.2. The molecule has 0 fully saturated rings. The number of benzene rings is 1. The van der Waals surface area contributed by atoms with Crippen LogP contribution in [0.3, 0.4) is 0 Å². The summed E-state index contributed by atoms with van der Waals surface area (Å²) in [4.78, 5) is 0. The highest BCUT2D eigenvalue weighted by molar-refractivity contribution is 6.30. The predicted octanol–water partition coefficient (Wildman–Crippen LogP) is 3.01. The second kappa shape index (κ2) is 3.81. The fourth-order valence-electron chi connectivity index (χ4n) is 0.690. The third-order valence-corrected chi connectivity index (χ3v) is 1.45. The third kappa shape index (κ3) is 2.18. The van der Waals surface area contributed by atoms with E-state index in [0.717, 1.165) is 5.56 Å². The summed E-state index contributed by atoms with van der Waals surface area (Å²) in [7, 11) is 0. The normalized spacial score (nSPS) is 9.80. The molecule has 0 aromatic heterocycles. The van der Waals surface area contributed by atoms with E-state index in [1.54, 1.807) is 6.07 Å². The molecule has 0 heterocycles. The van der Waals surface area contributed by atoms with Crippen molar-refractivity contribution in [2.24, 2.45) is 0 Å². The molecule has 0 N–H and O–H groups in total. The van der Waals surface area contributed by atoms with Gasteiger partial charge in [-0.25, -0.2) is 0 Å². The number of hydrogen-bond acceptors (Lipinski definition) is 1. The summed E-state index contributed by atoms with van der Waals surface area (Å²) >= 11 is 10.7. The molecule has 54 valence electrons. The molecule has 1 aromatic rings. The fraction of sp³-hybridized carbons (Fsp3) is 0.143. The molecule has 0 aliphatic rings. The monoisotopic (exact) mass is 176 g/mol. The van der Waals surface area contributed by atoms with Gasteiger partial charge >= 0.3 is 0 Å². The van der Waals surface area contributed by atoms with Gasteiger partial charge in [0.2, 0.25) is 0 Å². The summed E-state index contributed by atoms with van der Waals surface area (Å²) in [6.45, 7) is 0.391. The molecule has 0 aliphatic heterocycles. The molecule has 0 saturated heterocycles. The van der Waals surface area contributed by atoms with E-state index in [4.69, 9.17) is 23.5 Å². The van der Waals surface area contributed by atoms with Crippen molar-refractivity contribution in [1.82, 2.24) is 0 Å². The molecule has 1 aromatic carbocycles. The Bertz CT molecular complexity index is 213. The second-order valence-electron chi connectivity index (χ2n) is 1.88. The van der Waals surface area contributed by atoms with E-state index in [-0.39, 0.29) is 0 Å². The minimum absolute atomic E-state index is 0.391. The van der Waals surface area contributed by atoms with E-state index < -0.39 is 0 Å². The Labute approximate surface area is 69.7 Å². The average Bonchev–Trinajstić information content (AvgIpc) is 1.88. The van der Waals surface area contributed by atoms with Crippen molar-refractivity contribution in [3.8, 4) is 0 Å². The van der Waals surface area contributed by atoms with Crippen molar-refractivity contribution in [2.75, 3.05) is 0 Å². The summed E-state index contributed by atoms with van der Waals surface area (Å²) in [6, 6.07) is 7.37. The van der Waals surface area contributed by atoms with Crippen LogP contribution in [0.5, 0.6) is 0 Å². The summed E-state index contributed by atoms with van der Waals surface area (Å²) in [6.07, 6.45) is 0. The average molecular weight is 177 g/mol. The van der Waals surface area contributed by atoms with Crippen LogP contribution in [-0.4, -0.2) is 0 Å². The molecular weight excluding hydrogens is 171 g/mol. The molecule has 1 rings (SSSR count). The molecule has 3 heteroatoms. The van der Waals surface area contributed by atoms with Crippen LogP contribution in [0.4, 0.5) is 0 Å². The lowest BCUT2D eigenvalue weighted by Crippen LogP contribution is -1.81. The van der Waals surface area contributed by atoms with Crippen LogP contribution in [0.15, 0.2) is 24.3 Å². The topological polar surface area (TPSA) is 9.23 Å². The quantitative estimate of drug-likeness (QED) is 0.674. The van der Waals surface area contributed by atoms with Crippen molar-refractivity contribution in [1.29, 1.82) is 0 Å². The van der Waals surface area contributed by atoms with Crippen LogP contribution < -0.4 is 0 Å².